The van der Waals surface area contributed by atoms with Gasteiger partial charge in [0.25, 0.3) is 0 Å². The van der Waals surface area contributed by atoms with Crippen LogP contribution >= 0.6 is 0 Å². The Balaban J connectivity index is 1.62. The first kappa shape index (κ1) is 17.1. The molecule has 3 aromatic heterocycles. The highest BCUT2D eigenvalue weighted by Crippen LogP contribution is 2.31. The van der Waals surface area contributed by atoms with Gasteiger partial charge in [0.15, 0.2) is 17.4 Å². The lowest BCUT2D eigenvalue weighted by Crippen LogP contribution is -2.27. The van der Waals surface area contributed by atoms with Crippen molar-refractivity contribution in [3.63, 3.8) is 0 Å². The summed E-state index contributed by atoms with van der Waals surface area (Å²) in [6.45, 7) is 3.69. The van der Waals surface area contributed by atoms with Gasteiger partial charge in [-0.1, -0.05) is 0 Å². The van der Waals surface area contributed by atoms with E-state index >= 15 is 0 Å². The molecule has 1 aliphatic heterocycles. The lowest BCUT2D eigenvalue weighted by Gasteiger charge is -2.20. The molecule has 0 atom stereocenters. The van der Waals surface area contributed by atoms with Crippen LogP contribution in [0, 0.1) is 12.7 Å². The molecule has 0 spiro atoms. The summed E-state index contributed by atoms with van der Waals surface area (Å²) in [6, 6.07) is 5.06. The lowest BCUT2D eigenvalue weighted by atomic mass is 9.98. The average molecular weight is 381 g/mol. The molecule has 1 aliphatic rings. The minimum absolute atomic E-state index is 0.323. The Bertz CT molecular complexity index is 1180. The Morgan fingerprint density at radius 2 is 1.96 bits per heavy atom. The average Bonchev–Trinajstić information content (AvgIpc) is 3.30. The normalized spacial score (nSPS) is 15.5. The van der Waals surface area contributed by atoms with Gasteiger partial charge in [0.05, 0.1) is 18.3 Å². The number of rotatable bonds is 3. The zero-order valence-corrected chi connectivity index (χ0v) is 15.7. The first-order valence-electron chi connectivity index (χ1n) is 9.31. The summed E-state index contributed by atoms with van der Waals surface area (Å²) < 4.78 is 21.7. The van der Waals surface area contributed by atoms with E-state index in [2.05, 4.69) is 30.5 Å². The number of aromatic amines is 1. The van der Waals surface area contributed by atoms with Gasteiger partial charge in [-0.15, -0.1) is 14.8 Å². The number of nitrogens with one attached hydrogen (secondary N) is 2. The largest absolute Gasteiger partial charge is 0.493 e. The molecule has 0 aliphatic carbocycles. The van der Waals surface area contributed by atoms with Crippen LogP contribution in [0.4, 0.5) is 4.39 Å². The van der Waals surface area contributed by atoms with Crippen LogP contribution in [0.25, 0.3) is 27.9 Å². The van der Waals surface area contributed by atoms with Gasteiger partial charge >= 0.3 is 0 Å². The zero-order valence-electron chi connectivity index (χ0n) is 15.7. The number of nitrogens with zero attached hydrogens (tertiary/aromatic N) is 5. The summed E-state index contributed by atoms with van der Waals surface area (Å²) in [7, 11) is 1.56. The van der Waals surface area contributed by atoms with Gasteiger partial charge in [-0.2, -0.15) is 0 Å². The second-order valence-electron chi connectivity index (χ2n) is 7.07. The third kappa shape index (κ3) is 2.78. The number of imidazole rings is 1. The van der Waals surface area contributed by atoms with Crippen molar-refractivity contribution in [2.75, 3.05) is 20.2 Å². The first-order valence-corrected chi connectivity index (χ1v) is 9.31. The predicted octanol–water partition coefficient (Wildman–Crippen LogP) is 2.59. The van der Waals surface area contributed by atoms with Gasteiger partial charge in [0, 0.05) is 17.5 Å². The number of piperidine rings is 1. The number of hydrogen-bond acceptors (Lipinski definition) is 6. The highest BCUT2D eigenvalue weighted by Gasteiger charge is 2.21. The van der Waals surface area contributed by atoms with Crippen molar-refractivity contribution in [3.05, 3.63) is 35.7 Å². The van der Waals surface area contributed by atoms with Gasteiger partial charge in [0.2, 0.25) is 5.65 Å². The minimum atomic E-state index is -0.375. The van der Waals surface area contributed by atoms with Crippen LogP contribution in [-0.2, 0) is 0 Å². The molecule has 1 fully saturated rings. The Morgan fingerprint density at radius 3 is 2.75 bits per heavy atom. The number of fused-ring (bicyclic) bond motifs is 2. The van der Waals surface area contributed by atoms with Crippen molar-refractivity contribution in [3.8, 4) is 17.0 Å². The predicted molar refractivity (Wildman–Crippen MR) is 102 cm³/mol. The van der Waals surface area contributed by atoms with Crippen LogP contribution in [-0.4, -0.2) is 50.0 Å². The van der Waals surface area contributed by atoms with Gasteiger partial charge in [-0.25, -0.2) is 14.4 Å². The fourth-order valence-corrected chi connectivity index (χ4v) is 3.77. The van der Waals surface area contributed by atoms with E-state index in [0.29, 0.717) is 45.4 Å². The van der Waals surface area contributed by atoms with Crippen LogP contribution in [0.2, 0.25) is 0 Å². The molecule has 8 nitrogen and oxygen atoms in total. The van der Waals surface area contributed by atoms with Gasteiger partial charge in [0.1, 0.15) is 11.3 Å². The summed E-state index contributed by atoms with van der Waals surface area (Å²) in [5.74, 6) is 1.92. The second kappa shape index (κ2) is 6.52. The lowest BCUT2D eigenvalue weighted by molar-refractivity contribution is 0.415. The fourth-order valence-electron chi connectivity index (χ4n) is 3.77. The van der Waals surface area contributed by atoms with Crippen molar-refractivity contribution in [2.24, 2.45) is 0 Å². The summed E-state index contributed by atoms with van der Waals surface area (Å²) in [4.78, 5) is 12.2. The molecule has 28 heavy (non-hydrogen) atoms. The monoisotopic (exact) mass is 381 g/mol. The number of benzene rings is 1. The molecule has 0 saturated carbocycles. The smallest absolute Gasteiger partial charge is 0.218 e. The van der Waals surface area contributed by atoms with Crippen molar-refractivity contribution >= 4 is 16.7 Å². The molecule has 9 heteroatoms. The van der Waals surface area contributed by atoms with E-state index in [9.17, 15) is 4.39 Å². The van der Waals surface area contributed by atoms with E-state index in [1.54, 1.807) is 20.1 Å². The molecule has 0 bridgehead atoms. The summed E-state index contributed by atoms with van der Waals surface area (Å²) >= 11 is 0. The van der Waals surface area contributed by atoms with Crippen LogP contribution < -0.4 is 10.1 Å². The Morgan fingerprint density at radius 1 is 1.14 bits per heavy atom. The summed E-state index contributed by atoms with van der Waals surface area (Å²) in [5.41, 5.74) is 2.73. The van der Waals surface area contributed by atoms with Gasteiger partial charge in [-0.05, 0) is 45.0 Å². The third-order valence-corrected chi connectivity index (χ3v) is 5.19. The second-order valence-corrected chi connectivity index (χ2v) is 7.07. The number of aromatic nitrogens is 6. The zero-order chi connectivity index (χ0) is 19.3. The fraction of sp³-hybridized carbons (Fsp3) is 0.368. The maximum Gasteiger partial charge on any atom is 0.218 e. The van der Waals surface area contributed by atoms with E-state index in [-0.39, 0.29) is 5.82 Å². The van der Waals surface area contributed by atoms with Crippen molar-refractivity contribution in [2.45, 2.75) is 25.7 Å². The number of hydrogen-bond donors (Lipinski definition) is 2. The molecule has 5 rings (SSSR count). The van der Waals surface area contributed by atoms with Gasteiger partial charge in [-0.3, -0.25) is 0 Å². The molecular formula is C19H20FN7O. The number of ether oxygens (including phenoxy) is 1. The highest BCUT2D eigenvalue weighted by atomic mass is 19.1. The molecular weight excluding hydrogens is 361 g/mol. The molecule has 1 aromatic carbocycles. The molecule has 2 N–H and O–H groups in total. The Kier molecular flexibility index (Phi) is 3.97. The maximum atomic E-state index is 14.8. The topological polar surface area (TPSA) is 93.0 Å². The van der Waals surface area contributed by atoms with Crippen molar-refractivity contribution in [1.82, 2.24) is 35.1 Å². The molecule has 0 radical (unpaired) electrons. The number of H-pyrrole nitrogens is 1. The van der Waals surface area contributed by atoms with Crippen LogP contribution in [0.15, 0.2) is 18.2 Å². The number of halogens is 1. The van der Waals surface area contributed by atoms with Crippen molar-refractivity contribution in [1.29, 1.82) is 0 Å². The van der Waals surface area contributed by atoms with E-state index in [1.807, 2.05) is 6.07 Å². The minimum Gasteiger partial charge on any atom is -0.493 e. The van der Waals surface area contributed by atoms with Crippen LogP contribution in [0.5, 0.6) is 5.75 Å². The Labute approximate surface area is 160 Å². The van der Waals surface area contributed by atoms with Gasteiger partial charge < -0.3 is 15.0 Å². The molecule has 4 heterocycles. The van der Waals surface area contributed by atoms with Crippen LogP contribution in [0.3, 0.4) is 0 Å². The molecule has 1 saturated heterocycles. The number of aryl methyl sites for hydroxylation is 1. The quantitative estimate of drug-likeness (QED) is 0.567. The summed E-state index contributed by atoms with van der Waals surface area (Å²) in [6.07, 6.45) is 1.99. The van der Waals surface area contributed by atoms with E-state index in [4.69, 9.17) is 4.74 Å². The SMILES string of the molecule is COc1cc(-c2cc(F)c3nc(C4CCNCC4)[nH]c3c2)nn2nc(C)nc12. The standard InChI is InChI=1S/C19H20FN7O/c1-10-22-19-16(28-2)9-14(26-27(19)25-10)12-7-13(20)17-15(8-12)23-18(24-17)11-3-5-21-6-4-11/h7-9,11,21H,3-6H2,1-2H3,(H,23,24). The van der Waals surface area contributed by atoms with E-state index in [1.165, 1.54) is 10.7 Å². The Hall–Kier alpha value is -3.07. The van der Waals surface area contributed by atoms with Crippen molar-refractivity contribution < 1.29 is 9.13 Å². The molecule has 0 unspecified atom stereocenters. The van der Waals surface area contributed by atoms with E-state index < -0.39 is 0 Å². The highest BCUT2D eigenvalue weighted by molar-refractivity contribution is 5.82. The van der Waals surface area contributed by atoms with Crippen LogP contribution in [0.1, 0.15) is 30.4 Å². The summed E-state index contributed by atoms with van der Waals surface area (Å²) in [5, 5.41) is 12.1. The molecule has 0 amide bonds. The van der Waals surface area contributed by atoms with E-state index in [0.717, 1.165) is 31.8 Å². The maximum absolute atomic E-state index is 14.8. The number of methoxy groups -OCH3 is 1. The first-order chi connectivity index (χ1) is 13.6. The molecule has 144 valence electrons. The molecule has 4 aromatic rings. The third-order valence-electron chi connectivity index (χ3n) is 5.19.